The molecular formula is C12H17NO. The lowest BCUT2D eigenvalue weighted by molar-refractivity contribution is 0.242. The van der Waals surface area contributed by atoms with E-state index in [1.54, 1.807) is 0 Å². The zero-order chi connectivity index (χ0) is 10.1. The molecule has 0 unspecified atom stereocenters. The van der Waals surface area contributed by atoms with Crippen LogP contribution in [0.2, 0.25) is 0 Å². The molecule has 1 saturated carbocycles. The number of benzene rings is 1. The van der Waals surface area contributed by atoms with E-state index in [1.807, 2.05) is 26.0 Å². The summed E-state index contributed by atoms with van der Waals surface area (Å²) in [5, 5.41) is 0. The first kappa shape index (κ1) is 9.53. The molecule has 1 aliphatic rings. The van der Waals surface area contributed by atoms with Gasteiger partial charge in [-0.1, -0.05) is 12.1 Å². The monoisotopic (exact) mass is 191 g/mol. The van der Waals surface area contributed by atoms with Crippen molar-refractivity contribution in [2.45, 2.75) is 38.3 Å². The van der Waals surface area contributed by atoms with E-state index in [2.05, 4.69) is 12.1 Å². The van der Waals surface area contributed by atoms with Crippen LogP contribution in [0.25, 0.3) is 0 Å². The summed E-state index contributed by atoms with van der Waals surface area (Å²) in [5.41, 5.74) is 7.13. The van der Waals surface area contributed by atoms with Gasteiger partial charge in [-0.05, 0) is 38.0 Å². The third-order valence-electron chi connectivity index (χ3n) is 2.52. The molecule has 2 heteroatoms. The maximum absolute atomic E-state index is 5.79. The summed E-state index contributed by atoms with van der Waals surface area (Å²) in [7, 11) is 0. The number of rotatable bonds is 3. The predicted molar refractivity (Wildman–Crippen MR) is 57.5 cm³/mol. The van der Waals surface area contributed by atoms with Gasteiger partial charge >= 0.3 is 0 Å². The number of hydrogen-bond acceptors (Lipinski definition) is 2. The molecule has 2 rings (SSSR count). The largest absolute Gasteiger partial charge is 0.491 e. The molecule has 0 saturated heterocycles. The van der Waals surface area contributed by atoms with Crippen LogP contribution in [-0.4, -0.2) is 12.1 Å². The first-order chi connectivity index (χ1) is 6.66. The van der Waals surface area contributed by atoms with Crippen LogP contribution in [0.5, 0.6) is 5.75 Å². The molecule has 1 aliphatic carbocycles. The van der Waals surface area contributed by atoms with E-state index < -0.39 is 0 Å². The van der Waals surface area contributed by atoms with Crippen molar-refractivity contribution in [2.24, 2.45) is 5.73 Å². The molecule has 76 valence electrons. The van der Waals surface area contributed by atoms with Crippen molar-refractivity contribution in [1.82, 2.24) is 0 Å². The van der Waals surface area contributed by atoms with Crippen LogP contribution in [0, 0.1) is 0 Å². The highest BCUT2D eigenvalue weighted by Crippen LogP contribution is 2.39. The lowest BCUT2D eigenvalue weighted by Gasteiger charge is -2.09. The van der Waals surface area contributed by atoms with Crippen LogP contribution in [-0.2, 0) is 0 Å². The summed E-state index contributed by atoms with van der Waals surface area (Å²) in [4.78, 5) is 0. The van der Waals surface area contributed by atoms with Crippen LogP contribution in [0.3, 0.4) is 0 Å². The Bertz CT molecular complexity index is 305. The molecule has 0 spiro atoms. The summed E-state index contributed by atoms with van der Waals surface area (Å²) in [5.74, 6) is 1.53. The lowest BCUT2D eigenvalue weighted by Crippen LogP contribution is -2.05. The van der Waals surface area contributed by atoms with Crippen molar-refractivity contribution in [3.8, 4) is 5.75 Å². The van der Waals surface area contributed by atoms with E-state index in [0.29, 0.717) is 12.0 Å². The van der Waals surface area contributed by atoms with E-state index in [0.717, 1.165) is 12.2 Å². The Labute approximate surface area is 85.1 Å². The Morgan fingerprint density at radius 3 is 2.29 bits per heavy atom. The minimum absolute atomic E-state index is 0.240. The molecule has 1 fully saturated rings. The average Bonchev–Trinajstić information content (AvgIpc) is 2.83. The molecular weight excluding hydrogens is 174 g/mol. The summed E-state index contributed by atoms with van der Waals surface area (Å²) in [6.45, 7) is 4.06. The molecule has 14 heavy (non-hydrogen) atoms. The molecule has 0 bridgehead atoms. The number of ether oxygens (including phenoxy) is 1. The minimum Gasteiger partial charge on any atom is -0.491 e. The number of nitrogens with two attached hydrogens (primary N) is 1. The SMILES string of the molecule is CC(C)Oc1ccc([C@@H]2C[C@H]2N)cc1. The molecule has 0 amide bonds. The van der Waals surface area contributed by atoms with Gasteiger partial charge in [-0.25, -0.2) is 0 Å². The predicted octanol–water partition coefficient (Wildman–Crippen LogP) is 2.29. The molecule has 2 atom stereocenters. The highest BCUT2D eigenvalue weighted by atomic mass is 16.5. The highest BCUT2D eigenvalue weighted by molar-refractivity contribution is 5.33. The summed E-state index contributed by atoms with van der Waals surface area (Å²) in [6.07, 6.45) is 1.37. The standard InChI is InChI=1S/C12H17NO/c1-8(2)14-10-5-3-9(4-6-10)11-7-12(11)13/h3-6,8,11-12H,7,13H2,1-2H3/t11-,12+/m0/s1. The van der Waals surface area contributed by atoms with Crippen LogP contribution in [0.4, 0.5) is 0 Å². The van der Waals surface area contributed by atoms with Gasteiger partial charge < -0.3 is 10.5 Å². The summed E-state index contributed by atoms with van der Waals surface area (Å²) < 4.78 is 5.56. The third-order valence-corrected chi connectivity index (χ3v) is 2.52. The van der Waals surface area contributed by atoms with Gasteiger partial charge in [0, 0.05) is 12.0 Å². The second-order valence-electron chi connectivity index (χ2n) is 4.24. The van der Waals surface area contributed by atoms with Crippen LogP contribution >= 0.6 is 0 Å². The van der Waals surface area contributed by atoms with Gasteiger partial charge in [-0.15, -0.1) is 0 Å². The molecule has 0 heterocycles. The van der Waals surface area contributed by atoms with Crippen molar-refractivity contribution in [1.29, 1.82) is 0 Å². The lowest BCUT2D eigenvalue weighted by atomic mass is 10.1. The zero-order valence-electron chi connectivity index (χ0n) is 8.73. The van der Waals surface area contributed by atoms with E-state index in [4.69, 9.17) is 10.5 Å². The maximum Gasteiger partial charge on any atom is 0.119 e. The molecule has 0 aromatic heterocycles. The van der Waals surface area contributed by atoms with Crippen LogP contribution in [0.15, 0.2) is 24.3 Å². The van der Waals surface area contributed by atoms with Crippen LogP contribution in [0.1, 0.15) is 31.7 Å². The summed E-state index contributed by atoms with van der Waals surface area (Å²) >= 11 is 0. The van der Waals surface area contributed by atoms with E-state index in [1.165, 1.54) is 5.56 Å². The van der Waals surface area contributed by atoms with Gasteiger partial charge in [0.1, 0.15) is 5.75 Å². The third kappa shape index (κ3) is 2.07. The smallest absolute Gasteiger partial charge is 0.119 e. The fourth-order valence-electron chi connectivity index (χ4n) is 1.66. The minimum atomic E-state index is 0.240. The quantitative estimate of drug-likeness (QED) is 0.795. The summed E-state index contributed by atoms with van der Waals surface area (Å²) in [6, 6.07) is 8.68. The Balaban J connectivity index is 2.03. The van der Waals surface area contributed by atoms with Gasteiger partial charge in [-0.3, -0.25) is 0 Å². The second-order valence-corrected chi connectivity index (χ2v) is 4.24. The van der Waals surface area contributed by atoms with E-state index in [-0.39, 0.29) is 6.10 Å². The Kier molecular flexibility index (Phi) is 2.46. The molecule has 1 aromatic rings. The van der Waals surface area contributed by atoms with Crippen molar-refractivity contribution < 1.29 is 4.74 Å². The van der Waals surface area contributed by atoms with Gasteiger partial charge in [0.2, 0.25) is 0 Å². The highest BCUT2D eigenvalue weighted by Gasteiger charge is 2.34. The maximum atomic E-state index is 5.79. The number of hydrogen-bond donors (Lipinski definition) is 1. The van der Waals surface area contributed by atoms with Crippen molar-refractivity contribution in [3.05, 3.63) is 29.8 Å². The Morgan fingerprint density at radius 1 is 1.29 bits per heavy atom. The first-order valence-corrected chi connectivity index (χ1v) is 5.19. The topological polar surface area (TPSA) is 35.2 Å². The van der Waals surface area contributed by atoms with E-state index in [9.17, 15) is 0 Å². The first-order valence-electron chi connectivity index (χ1n) is 5.19. The van der Waals surface area contributed by atoms with Crippen molar-refractivity contribution in [2.75, 3.05) is 0 Å². The molecule has 1 aromatic carbocycles. The Morgan fingerprint density at radius 2 is 1.86 bits per heavy atom. The molecule has 2 nitrogen and oxygen atoms in total. The van der Waals surface area contributed by atoms with Crippen molar-refractivity contribution >= 4 is 0 Å². The average molecular weight is 191 g/mol. The van der Waals surface area contributed by atoms with Crippen LogP contribution < -0.4 is 10.5 Å². The molecule has 2 N–H and O–H groups in total. The van der Waals surface area contributed by atoms with Gasteiger partial charge in [0.05, 0.1) is 6.10 Å². The van der Waals surface area contributed by atoms with Gasteiger partial charge in [0.15, 0.2) is 0 Å². The second kappa shape index (κ2) is 3.62. The van der Waals surface area contributed by atoms with Gasteiger partial charge in [-0.2, -0.15) is 0 Å². The van der Waals surface area contributed by atoms with Gasteiger partial charge in [0.25, 0.3) is 0 Å². The van der Waals surface area contributed by atoms with Crippen molar-refractivity contribution in [3.63, 3.8) is 0 Å². The Hall–Kier alpha value is -1.02. The fraction of sp³-hybridized carbons (Fsp3) is 0.500. The zero-order valence-corrected chi connectivity index (χ0v) is 8.73. The fourth-order valence-corrected chi connectivity index (χ4v) is 1.66. The molecule has 0 radical (unpaired) electrons. The normalized spacial score (nSPS) is 25.1. The van der Waals surface area contributed by atoms with E-state index >= 15 is 0 Å². The molecule has 0 aliphatic heterocycles.